The van der Waals surface area contributed by atoms with E-state index in [0.717, 1.165) is 24.2 Å². The highest BCUT2D eigenvalue weighted by molar-refractivity contribution is 5.80. The van der Waals surface area contributed by atoms with Gasteiger partial charge in [0.15, 0.2) is 0 Å². The number of carbonyl (C=O) groups is 1. The summed E-state index contributed by atoms with van der Waals surface area (Å²) in [6.45, 7) is 6.03. The molecule has 3 rings (SSSR count). The molecule has 0 aliphatic carbocycles. The maximum atomic E-state index is 12.6. The number of hydrogen-bond acceptors (Lipinski definition) is 4. The Balaban J connectivity index is 1.70. The molecule has 1 amide bonds. The monoisotopic (exact) mass is 342 g/mol. The van der Waals surface area contributed by atoms with Crippen LogP contribution in [0.1, 0.15) is 18.9 Å². The van der Waals surface area contributed by atoms with E-state index in [9.17, 15) is 9.59 Å². The molecule has 0 saturated carbocycles. The highest BCUT2D eigenvalue weighted by Crippen LogP contribution is 2.20. The Morgan fingerprint density at radius 3 is 2.76 bits per heavy atom. The van der Waals surface area contributed by atoms with Crippen molar-refractivity contribution in [3.63, 3.8) is 0 Å². The van der Waals surface area contributed by atoms with Crippen LogP contribution in [0.2, 0.25) is 0 Å². The van der Waals surface area contributed by atoms with Crippen molar-refractivity contribution in [2.75, 3.05) is 27.2 Å². The summed E-state index contributed by atoms with van der Waals surface area (Å²) < 4.78 is 1.54. The molecule has 134 valence electrons. The zero-order valence-electron chi connectivity index (χ0n) is 15.4. The molecule has 6 nitrogen and oxygen atoms in total. The highest BCUT2D eigenvalue weighted by Gasteiger charge is 2.33. The van der Waals surface area contributed by atoms with Crippen molar-refractivity contribution in [2.45, 2.75) is 32.9 Å². The number of fused-ring (bicyclic) bond motifs is 1. The van der Waals surface area contributed by atoms with Gasteiger partial charge in [0.25, 0.3) is 5.56 Å². The van der Waals surface area contributed by atoms with Gasteiger partial charge in [0.2, 0.25) is 5.91 Å². The third-order valence-corrected chi connectivity index (χ3v) is 5.21. The van der Waals surface area contributed by atoms with Gasteiger partial charge >= 0.3 is 0 Å². The maximum Gasteiger partial charge on any atom is 0.261 e. The first-order chi connectivity index (χ1) is 11.9. The first kappa shape index (κ1) is 17.6. The fraction of sp³-hybridized carbons (Fsp3) is 0.526. The molecule has 0 unspecified atom stereocenters. The summed E-state index contributed by atoms with van der Waals surface area (Å²) in [6.07, 6.45) is 1.88. The predicted molar refractivity (Wildman–Crippen MR) is 98.6 cm³/mol. The summed E-state index contributed by atoms with van der Waals surface area (Å²) in [4.78, 5) is 33.6. The number of hydrogen-bond donors (Lipinski definition) is 0. The van der Waals surface area contributed by atoms with Gasteiger partial charge in [0.1, 0.15) is 0 Å². The summed E-state index contributed by atoms with van der Waals surface area (Å²) in [5.74, 6) is 0.569. The number of amides is 1. The van der Waals surface area contributed by atoms with E-state index in [0.29, 0.717) is 30.3 Å². The predicted octanol–water partition coefficient (Wildman–Crippen LogP) is 1.50. The maximum absolute atomic E-state index is 12.6. The van der Waals surface area contributed by atoms with Crippen LogP contribution in [-0.4, -0.2) is 58.5 Å². The number of benzene rings is 1. The third-order valence-electron chi connectivity index (χ3n) is 5.21. The normalized spacial score (nSPS) is 20.6. The second kappa shape index (κ2) is 6.96. The number of nitrogens with zero attached hydrogens (tertiary/aromatic N) is 4. The van der Waals surface area contributed by atoms with Crippen LogP contribution in [0.5, 0.6) is 0 Å². The zero-order chi connectivity index (χ0) is 18.1. The van der Waals surface area contributed by atoms with Crippen LogP contribution >= 0.6 is 0 Å². The van der Waals surface area contributed by atoms with E-state index in [1.807, 2.05) is 24.0 Å². The van der Waals surface area contributed by atoms with E-state index in [-0.39, 0.29) is 11.5 Å². The molecule has 2 heterocycles. The Labute approximate surface area is 148 Å². The van der Waals surface area contributed by atoms with Crippen LogP contribution in [0.25, 0.3) is 10.9 Å². The molecule has 0 N–H and O–H groups in total. The van der Waals surface area contributed by atoms with Crippen LogP contribution < -0.4 is 5.56 Å². The average Bonchev–Trinajstić information content (AvgIpc) is 2.97. The Morgan fingerprint density at radius 2 is 2.08 bits per heavy atom. The lowest BCUT2D eigenvalue weighted by molar-refractivity contribution is -0.130. The lowest BCUT2D eigenvalue weighted by atomic mass is 10.1. The van der Waals surface area contributed by atoms with E-state index in [1.54, 1.807) is 17.0 Å². The van der Waals surface area contributed by atoms with Gasteiger partial charge in [0, 0.05) is 32.1 Å². The molecule has 6 heteroatoms. The minimum absolute atomic E-state index is 0.0811. The molecule has 25 heavy (non-hydrogen) atoms. The Morgan fingerprint density at radius 1 is 1.32 bits per heavy atom. The van der Waals surface area contributed by atoms with Crippen molar-refractivity contribution in [1.82, 2.24) is 19.4 Å². The van der Waals surface area contributed by atoms with Gasteiger partial charge in [-0.3, -0.25) is 14.2 Å². The first-order valence-electron chi connectivity index (χ1n) is 8.77. The lowest BCUT2D eigenvalue weighted by Gasteiger charge is -2.22. The number of aryl methyl sites for hydroxylation is 2. The topological polar surface area (TPSA) is 58.4 Å². The number of rotatable bonds is 4. The molecule has 1 aromatic heterocycles. The van der Waals surface area contributed by atoms with Gasteiger partial charge in [-0.2, -0.15) is 0 Å². The van der Waals surface area contributed by atoms with Gasteiger partial charge in [-0.15, -0.1) is 0 Å². The van der Waals surface area contributed by atoms with Crippen molar-refractivity contribution in [1.29, 1.82) is 0 Å². The number of para-hydroxylation sites is 1. The SMILES string of the molecule is Cc1cccc2c(=O)n(CCC(=O)N3C[C@@H](C)[C@@H](N(C)C)C3)cnc12. The largest absolute Gasteiger partial charge is 0.341 e. The summed E-state index contributed by atoms with van der Waals surface area (Å²) >= 11 is 0. The lowest BCUT2D eigenvalue weighted by Crippen LogP contribution is -2.36. The average molecular weight is 342 g/mol. The molecular weight excluding hydrogens is 316 g/mol. The number of carbonyl (C=O) groups excluding carboxylic acids is 1. The van der Waals surface area contributed by atoms with Crippen LogP contribution in [0, 0.1) is 12.8 Å². The fourth-order valence-corrected chi connectivity index (χ4v) is 3.70. The van der Waals surface area contributed by atoms with Crippen molar-refractivity contribution >= 4 is 16.8 Å². The fourth-order valence-electron chi connectivity index (χ4n) is 3.70. The molecule has 0 bridgehead atoms. The van der Waals surface area contributed by atoms with E-state index < -0.39 is 0 Å². The zero-order valence-corrected chi connectivity index (χ0v) is 15.4. The van der Waals surface area contributed by atoms with Crippen molar-refractivity contribution in [3.8, 4) is 0 Å². The second-order valence-corrected chi connectivity index (χ2v) is 7.27. The molecule has 0 radical (unpaired) electrons. The summed E-state index contributed by atoms with van der Waals surface area (Å²) in [6, 6.07) is 6.00. The van der Waals surface area contributed by atoms with E-state index in [2.05, 4.69) is 30.9 Å². The number of likely N-dealkylation sites (tertiary alicyclic amines) is 1. The van der Waals surface area contributed by atoms with Gasteiger partial charge in [-0.25, -0.2) is 4.98 Å². The standard InChI is InChI=1S/C19H26N4O2/c1-13-6-5-7-15-18(13)20-12-22(19(15)25)9-8-17(24)23-10-14(2)16(11-23)21(3)4/h5-7,12,14,16H,8-11H2,1-4H3/t14-,16+/m1/s1. The second-order valence-electron chi connectivity index (χ2n) is 7.27. The summed E-state index contributed by atoms with van der Waals surface area (Å²) in [7, 11) is 4.11. The van der Waals surface area contributed by atoms with Crippen molar-refractivity contribution in [2.24, 2.45) is 5.92 Å². The Kier molecular flexibility index (Phi) is 4.90. The summed E-state index contributed by atoms with van der Waals surface area (Å²) in [5, 5.41) is 0.609. The smallest absolute Gasteiger partial charge is 0.261 e. The highest BCUT2D eigenvalue weighted by atomic mass is 16.2. The quantitative estimate of drug-likeness (QED) is 0.845. The molecular formula is C19H26N4O2. The van der Waals surface area contributed by atoms with Gasteiger partial charge in [-0.05, 0) is 38.6 Å². The van der Waals surface area contributed by atoms with Crippen LogP contribution in [0.3, 0.4) is 0 Å². The molecule has 1 aromatic carbocycles. The van der Waals surface area contributed by atoms with Crippen molar-refractivity contribution < 1.29 is 4.79 Å². The van der Waals surface area contributed by atoms with Crippen molar-refractivity contribution in [3.05, 3.63) is 40.4 Å². The molecule has 1 saturated heterocycles. The van der Waals surface area contributed by atoms with E-state index in [4.69, 9.17) is 0 Å². The molecule has 1 aliphatic rings. The van der Waals surface area contributed by atoms with E-state index in [1.165, 1.54) is 0 Å². The van der Waals surface area contributed by atoms with E-state index >= 15 is 0 Å². The molecule has 2 atom stereocenters. The Bertz CT molecular complexity index is 843. The molecule has 1 aliphatic heterocycles. The van der Waals surface area contributed by atoms with Gasteiger partial charge < -0.3 is 9.80 Å². The number of likely N-dealkylation sites (N-methyl/N-ethyl adjacent to an activating group) is 1. The summed E-state index contributed by atoms with van der Waals surface area (Å²) in [5.41, 5.74) is 1.64. The third kappa shape index (κ3) is 3.44. The molecule has 1 fully saturated rings. The van der Waals surface area contributed by atoms with Gasteiger partial charge in [0.05, 0.1) is 17.2 Å². The van der Waals surface area contributed by atoms with Crippen LogP contribution in [-0.2, 0) is 11.3 Å². The first-order valence-corrected chi connectivity index (χ1v) is 8.77. The molecule has 0 spiro atoms. The minimum Gasteiger partial charge on any atom is -0.341 e. The van der Waals surface area contributed by atoms with Gasteiger partial charge in [-0.1, -0.05) is 19.1 Å². The number of aromatic nitrogens is 2. The molecule has 2 aromatic rings. The van der Waals surface area contributed by atoms with Crippen LogP contribution in [0.15, 0.2) is 29.3 Å². The Hall–Kier alpha value is -2.21. The minimum atomic E-state index is -0.0811. The van der Waals surface area contributed by atoms with Crippen LogP contribution in [0.4, 0.5) is 0 Å².